The fraction of sp³-hybridized carbons (Fsp3) is 0.458. The van der Waals surface area contributed by atoms with E-state index in [1.807, 2.05) is 11.8 Å². The monoisotopic (exact) mass is 491 g/mol. The van der Waals surface area contributed by atoms with Crippen LogP contribution in [0, 0.1) is 5.82 Å². The lowest BCUT2D eigenvalue weighted by Gasteiger charge is -2.36. The third-order valence-electron chi connectivity index (χ3n) is 6.18. The number of benzene rings is 2. The van der Waals surface area contributed by atoms with Crippen LogP contribution in [0.4, 0.5) is 4.39 Å². The van der Waals surface area contributed by atoms with Gasteiger partial charge in [-0.2, -0.15) is 4.31 Å². The predicted octanol–water partition coefficient (Wildman–Crippen LogP) is 2.04. The summed E-state index contributed by atoms with van der Waals surface area (Å²) >= 11 is 0. The normalized spacial score (nSPS) is 18.2. The highest BCUT2D eigenvalue weighted by Gasteiger charge is 2.32. The minimum absolute atomic E-state index is 0.110. The summed E-state index contributed by atoms with van der Waals surface area (Å²) in [6, 6.07) is 10.5. The van der Waals surface area contributed by atoms with E-state index >= 15 is 0 Å². The summed E-state index contributed by atoms with van der Waals surface area (Å²) in [5.41, 5.74) is 0.947. The van der Waals surface area contributed by atoms with Gasteiger partial charge in [-0.3, -0.25) is 9.69 Å². The molecule has 0 aliphatic carbocycles. The van der Waals surface area contributed by atoms with Gasteiger partial charge in [-0.25, -0.2) is 12.8 Å². The molecule has 0 aromatic heterocycles. The summed E-state index contributed by atoms with van der Waals surface area (Å²) < 4.78 is 52.0. The lowest BCUT2D eigenvalue weighted by atomic mass is 10.1. The van der Waals surface area contributed by atoms with Crippen molar-refractivity contribution >= 4 is 15.9 Å². The average molecular weight is 492 g/mol. The molecule has 2 aliphatic heterocycles. The molecule has 4 rings (SSSR count). The fourth-order valence-corrected chi connectivity index (χ4v) is 5.52. The molecular formula is C24H30FN3O5S. The lowest BCUT2D eigenvalue weighted by Crippen LogP contribution is -2.55. The van der Waals surface area contributed by atoms with Gasteiger partial charge in [-0.1, -0.05) is 12.1 Å². The quantitative estimate of drug-likeness (QED) is 0.638. The SMILES string of the molecule is C[C@H](C(=O)NCCc1ccc(F)cc1)N1CCN(S(=O)(=O)c2ccc3c(c2)OCCCO3)CC1. The number of fused-ring (bicyclic) bond motifs is 1. The first-order valence-electron chi connectivity index (χ1n) is 11.5. The largest absolute Gasteiger partial charge is 0.490 e. The topological polar surface area (TPSA) is 88.2 Å². The molecule has 184 valence electrons. The maximum Gasteiger partial charge on any atom is 0.243 e. The van der Waals surface area contributed by atoms with E-state index in [0.29, 0.717) is 63.9 Å². The summed E-state index contributed by atoms with van der Waals surface area (Å²) in [5, 5.41) is 2.91. The summed E-state index contributed by atoms with van der Waals surface area (Å²) in [6.45, 7) is 4.80. The van der Waals surface area contributed by atoms with Gasteiger partial charge >= 0.3 is 0 Å². The predicted molar refractivity (Wildman–Crippen MR) is 125 cm³/mol. The molecule has 2 aromatic rings. The van der Waals surface area contributed by atoms with Crippen LogP contribution >= 0.6 is 0 Å². The van der Waals surface area contributed by atoms with E-state index in [9.17, 15) is 17.6 Å². The molecule has 1 saturated heterocycles. The van der Waals surface area contributed by atoms with E-state index in [2.05, 4.69) is 5.32 Å². The van der Waals surface area contributed by atoms with Crippen molar-refractivity contribution in [2.45, 2.75) is 30.7 Å². The van der Waals surface area contributed by atoms with Gasteiger partial charge in [0, 0.05) is 45.2 Å². The van der Waals surface area contributed by atoms with E-state index in [0.717, 1.165) is 12.0 Å². The Kier molecular flexibility index (Phi) is 7.70. The number of sulfonamides is 1. The van der Waals surface area contributed by atoms with E-state index < -0.39 is 10.0 Å². The van der Waals surface area contributed by atoms with Crippen molar-refractivity contribution in [3.05, 3.63) is 53.8 Å². The molecule has 2 aromatic carbocycles. The number of piperazine rings is 1. The maximum atomic E-state index is 13.2. The van der Waals surface area contributed by atoms with Crippen molar-refractivity contribution in [1.82, 2.24) is 14.5 Å². The third kappa shape index (κ3) is 5.68. The van der Waals surface area contributed by atoms with Gasteiger partial charge in [0.25, 0.3) is 0 Å². The molecule has 0 bridgehead atoms. The number of amides is 1. The standard InChI is InChI=1S/C24H30FN3O5S/c1-18(24(29)26-10-9-19-3-5-20(25)6-4-19)27-11-13-28(14-12-27)34(30,31)21-7-8-22-23(17-21)33-16-2-15-32-22/h3-8,17-18H,2,9-16H2,1H3,(H,26,29)/t18-/m1/s1. The van der Waals surface area contributed by atoms with Crippen molar-refractivity contribution in [1.29, 1.82) is 0 Å². The molecule has 1 atom stereocenters. The minimum Gasteiger partial charge on any atom is -0.490 e. The highest BCUT2D eigenvalue weighted by Crippen LogP contribution is 2.33. The first-order valence-corrected chi connectivity index (χ1v) is 12.9. The number of hydrogen-bond donors (Lipinski definition) is 1. The second-order valence-corrected chi connectivity index (χ2v) is 10.4. The molecule has 1 N–H and O–H groups in total. The Labute approximate surface area is 199 Å². The number of hydrogen-bond acceptors (Lipinski definition) is 6. The van der Waals surface area contributed by atoms with Crippen LogP contribution in [0.25, 0.3) is 0 Å². The third-order valence-corrected chi connectivity index (χ3v) is 8.08. The van der Waals surface area contributed by atoms with Crippen molar-refractivity contribution in [3.8, 4) is 11.5 Å². The molecule has 8 nitrogen and oxygen atoms in total. The second kappa shape index (κ2) is 10.7. The highest BCUT2D eigenvalue weighted by molar-refractivity contribution is 7.89. The summed E-state index contributed by atoms with van der Waals surface area (Å²) in [4.78, 5) is 14.7. The zero-order valence-electron chi connectivity index (χ0n) is 19.2. The average Bonchev–Trinajstić information content (AvgIpc) is 3.10. The molecule has 34 heavy (non-hydrogen) atoms. The van der Waals surface area contributed by atoms with Gasteiger partial charge < -0.3 is 14.8 Å². The van der Waals surface area contributed by atoms with Gasteiger partial charge in [-0.15, -0.1) is 0 Å². The Morgan fingerprint density at radius 2 is 1.71 bits per heavy atom. The van der Waals surface area contributed by atoms with Crippen molar-refractivity contribution in [3.63, 3.8) is 0 Å². The molecule has 0 saturated carbocycles. The molecule has 0 spiro atoms. The van der Waals surface area contributed by atoms with E-state index in [-0.39, 0.29) is 22.7 Å². The van der Waals surface area contributed by atoms with Gasteiger partial charge in [-0.05, 0) is 43.2 Å². The lowest BCUT2D eigenvalue weighted by molar-refractivity contribution is -0.126. The van der Waals surface area contributed by atoms with Crippen LogP contribution in [0.2, 0.25) is 0 Å². The molecule has 2 heterocycles. The number of nitrogens with zero attached hydrogens (tertiary/aromatic N) is 2. The van der Waals surface area contributed by atoms with Crippen LogP contribution in [0.1, 0.15) is 18.9 Å². The first-order chi connectivity index (χ1) is 16.3. The number of rotatable bonds is 7. The molecule has 1 amide bonds. The Bertz CT molecular complexity index is 1100. The maximum absolute atomic E-state index is 13.2. The Balaban J connectivity index is 1.29. The van der Waals surface area contributed by atoms with Gasteiger partial charge in [0.05, 0.1) is 24.2 Å². The van der Waals surface area contributed by atoms with Crippen LogP contribution in [-0.4, -0.2) is 75.5 Å². The van der Waals surface area contributed by atoms with Gasteiger partial charge in [0.1, 0.15) is 5.82 Å². The van der Waals surface area contributed by atoms with Gasteiger partial charge in [0.2, 0.25) is 15.9 Å². The number of carbonyl (C=O) groups excluding carboxylic acids is 1. The number of carbonyl (C=O) groups is 1. The first kappa shape index (κ1) is 24.4. The zero-order valence-corrected chi connectivity index (χ0v) is 20.0. The Morgan fingerprint density at radius 3 is 2.41 bits per heavy atom. The Morgan fingerprint density at radius 1 is 1.03 bits per heavy atom. The molecule has 0 unspecified atom stereocenters. The van der Waals surface area contributed by atoms with Crippen LogP contribution < -0.4 is 14.8 Å². The Hall–Kier alpha value is -2.69. The summed E-state index contributed by atoms with van der Waals surface area (Å²) in [7, 11) is -3.68. The second-order valence-electron chi connectivity index (χ2n) is 8.44. The summed E-state index contributed by atoms with van der Waals surface area (Å²) in [6.07, 6.45) is 1.36. The minimum atomic E-state index is -3.68. The molecule has 1 fully saturated rings. The van der Waals surface area contributed by atoms with E-state index in [1.165, 1.54) is 22.5 Å². The fourth-order valence-electron chi connectivity index (χ4n) is 4.08. The number of ether oxygens (including phenoxy) is 2. The van der Waals surface area contributed by atoms with Crippen molar-refractivity contribution in [2.24, 2.45) is 0 Å². The number of nitrogens with one attached hydrogen (secondary N) is 1. The van der Waals surface area contributed by atoms with Crippen molar-refractivity contribution in [2.75, 3.05) is 45.9 Å². The van der Waals surface area contributed by atoms with Crippen LogP contribution in [0.15, 0.2) is 47.4 Å². The molecule has 0 radical (unpaired) electrons. The number of halogens is 1. The van der Waals surface area contributed by atoms with Crippen LogP contribution in [0.3, 0.4) is 0 Å². The molecule has 10 heteroatoms. The van der Waals surface area contributed by atoms with Crippen LogP contribution in [0.5, 0.6) is 11.5 Å². The van der Waals surface area contributed by atoms with E-state index in [1.54, 1.807) is 24.3 Å². The zero-order chi connectivity index (χ0) is 24.1. The van der Waals surface area contributed by atoms with Gasteiger partial charge in [0.15, 0.2) is 11.5 Å². The summed E-state index contributed by atoms with van der Waals surface area (Å²) in [5.74, 6) is 0.608. The smallest absolute Gasteiger partial charge is 0.243 e. The van der Waals surface area contributed by atoms with Crippen LogP contribution in [-0.2, 0) is 21.2 Å². The van der Waals surface area contributed by atoms with E-state index in [4.69, 9.17) is 9.47 Å². The highest BCUT2D eigenvalue weighted by atomic mass is 32.2. The van der Waals surface area contributed by atoms with Crippen molar-refractivity contribution < 1.29 is 27.1 Å². The molecular weight excluding hydrogens is 461 g/mol. The molecule has 2 aliphatic rings.